The van der Waals surface area contributed by atoms with Crippen LogP contribution in [0.3, 0.4) is 0 Å². The smallest absolute Gasteiger partial charge is 0.261 e. The number of nitrogens with one attached hydrogen (secondary N) is 1. The Bertz CT molecular complexity index is 350. The van der Waals surface area contributed by atoms with Gasteiger partial charge in [-0.25, -0.2) is 8.78 Å². The number of hydrogen-bond donors (Lipinski definition) is 1. The number of ether oxygens (including phenoxy) is 1. The van der Waals surface area contributed by atoms with Crippen molar-refractivity contribution in [3.05, 3.63) is 32.7 Å². The van der Waals surface area contributed by atoms with E-state index in [0.717, 1.165) is 14.5 Å². The Morgan fingerprint density at radius 1 is 1.24 bits per heavy atom. The first-order chi connectivity index (χ1) is 8.09. The summed E-state index contributed by atoms with van der Waals surface area (Å²) in [6.07, 6.45) is -2.39. The summed E-state index contributed by atoms with van der Waals surface area (Å²) in [6.45, 7) is 1.04. The van der Waals surface area contributed by atoms with Gasteiger partial charge in [-0.15, -0.1) is 0 Å². The van der Waals surface area contributed by atoms with E-state index < -0.39 is 13.0 Å². The zero-order chi connectivity index (χ0) is 12.7. The van der Waals surface area contributed by atoms with Gasteiger partial charge < -0.3 is 10.1 Å². The lowest BCUT2D eigenvalue weighted by molar-refractivity contribution is 0.0187. The fraction of sp³-hybridized carbons (Fsp3) is 0.455. The molecule has 0 bridgehead atoms. The van der Waals surface area contributed by atoms with Gasteiger partial charge in [-0.1, -0.05) is 6.07 Å². The largest absolute Gasteiger partial charge is 0.374 e. The van der Waals surface area contributed by atoms with E-state index >= 15 is 0 Å². The number of rotatable bonds is 7. The number of halogens is 4. The molecule has 17 heavy (non-hydrogen) atoms. The molecule has 0 atom stereocenters. The van der Waals surface area contributed by atoms with Crippen molar-refractivity contribution >= 4 is 31.9 Å². The summed E-state index contributed by atoms with van der Waals surface area (Å²) in [4.78, 5) is 0. The van der Waals surface area contributed by atoms with Crippen LogP contribution in [0.1, 0.15) is 5.56 Å². The molecule has 0 radical (unpaired) electrons. The summed E-state index contributed by atoms with van der Waals surface area (Å²) >= 11 is 6.80. The van der Waals surface area contributed by atoms with E-state index in [9.17, 15) is 8.78 Å². The van der Waals surface area contributed by atoms with Crippen molar-refractivity contribution in [3.8, 4) is 0 Å². The second-order valence-electron chi connectivity index (χ2n) is 3.39. The van der Waals surface area contributed by atoms with E-state index in [1.165, 1.54) is 0 Å². The summed E-state index contributed by atoms with van der Waals surface area (Å²) in [5.41, 5.74) is 1.12. The molecular weight excluding hydrogens is 360 g/mol. The lowest BCUT2D eigenvalue weighted by atomic mass is 10.2. The molecule has 1 N–H and O–H groups in total. The minimum Gasteiger partial charge on any atom is -0.374 e. The van der Waals surface area contributed by atoms with E-state index in [-0.39, 0.29) is 0 Å². The first kappa shape index (κ1) is 15.0. The van der Waals surface area contributed by atoms with E-state index in [0.29, 0.717) is 19.7 Å². The van der Waals surface area contributed by atoms with Gasteiger partial charge in [0, 0.05) is 22.0 Å². The Morgan fingerprint density at radius 3 is 2.65 bits per heavy atom. The minimum absolute atomic E-state index is 0.294. The van der Waals surface area contributed by atoms with Crippen molar-refractivity contribution in [1.29, 1.82) is 0 Å². The molecule has 1 aromatic carbocycles. The molecule has 0 spiro atoms. The van der Waals surface area contributed by atoms with Crippen molar-refractivity contribution in [2.45, 2.75) is 13.0 Å². The van der Waals surface area contributed by atoms with Crippen LogP contribution in [0.2, 0.25) is 0 Å². The molecule has 96 valence electrons. The van der Waals surface area contributed by atoms with Crippen LogP contribution in [-0.4, -0.2) is 26.2 Å². The Labute approximate surface area is 116 Å². The third-order valence-corrected chi connectivity index (χ3v) is 3.86. The first-order valence-corrected chi connectivity index (χ1v) is 6.68. The lowest BCUT2D eigenvalue weighted by Crippen LogP contribution is -2.20. The average molecular weight is 373 g/mol. The maximum Gasteiger partial charge on any atom is 0.261 e. The normalized spacial score (nSPS) is 11.1. The van der Waals surface area contributed by atoms with Crippen LogP contribution in [0.25, 0.3) is 0 Å². The summed E-state index contributed by atoms with van der Waals surface area (Å²) in [6, 6.07) is 5.94. The lowest BCUT2D eigenvalue weighted by Gasteiger charge is -2.07. The van der Waals surface area contributed by atoms with Crippen LogP contribution in [-0.2, 0) is 11.3 Å². The van der Waals surface area contributed by atoms with Crippen LogP contribution >= 0.6 is 31.9 Å². The maximum absolute atomic E-state index is 11.7. The molecule has 0 aliphatic rings. The first-order valence-electron chi connectivity index (χ1n) is 5.10. The molecule has 0 saturated carbocycles. The van der Waals surface area contributed by atoms with Crippen LogP contribution < -0.4 is 5.32 Å². The highest BCUT2D eigenvalue weighted by atomic mass is 79.9. The summed E-state index contributed by atoms with van der Waals surface area (Å²) in [5.74, 6) is 0. The van der Waals surface area contributed by atoms with Gasteiger partial charge in [0.05, 0.1) is 6.61 Å². The van der Waals surface area contributed by atoms with Crippen molar-refractivity contribution in [3.63, 3.8) is 0 Å². The van der Waals surface area contributed by atoms with Gasteiger partial charge in [0.1, 0.15) is 6.61 Å². The van der Waals surface area contributed by atoms with E-state index in [4.69, 9.17) is 4.74 Å². The molecule has 2 nitrogen and oxygen atoms in total. The fourth-order valence-corrected chi connectivity index (χ4v) is 1.87. The van der Waals surface area contributed by atoms with Crippen molar-refractivity contribution in [1.82, 2.24) is 5.32 Å². The van der Waals surface area contributed by atoms with Crippen LogP contribution in [0, 0.1) is 0 Å². The number of hydrogen-bond acceptors (Lipinski definition) is 2. The summed E-state index contributed by atoms with van der Waals surface area (Å²) < 4.78 is 30.2. The van der Waals surface area contributed by atoms with Crippen molar-refractivity contribution in [2.75, 3.05) is 19.8 Å². The predicted octanol–water partition coefficient (Wildman–Crippen LogP) is 3.58. The van der Waals surface area contributed by atoms with Crippen molar-refractivity contribution in [2.24, 2.45) is 0 Å². The molecule has 0 aliphatic carbocycles. The highest BCUT2D eigenvalue weighted by Gasteiger charge is 2.01. The molecule has 1 aromatic rings. The average Bonchev–Trinajstić information content (AvgIpc) is 2.27. The van der Waals surface area contributed by atoms with Crippen LogP contribution in [0.15, 0.2) is 27.1 Å². The van der Waals surface area contributed by atoms with Crippen molar-refractivity contribution < 1.29 is 13.5 Å². The highest BCUT2D eigenvalue weighted by molar-refractivity contribution is 9.13. The standard InChI is InChI=1S/C11H13Br2F2NO/c12-9-2-1-8(5-10(9)13)6-16-3-4-17-7-11(14)15/h1-2,5,11,16H,3-4,6-7H2. The molecular formula is C11H13Br2F2NO. The van der Waals surface area contributed by atoms with Crippen LogP contribution in [0.5, 0.6) is 0 Å². The van der Waals surface area contributed by atoms with E-state index in [1.54, 1.807) is 0 Å². The van der Waals surface area contributed by atoms with E-state index in [1.807, 2.05) is 18.2 Å². The third kappa shape index (κ3) is 6.45. The van der Waals surface area contributed by atoms with Gasteiger partial charge in [-0.3, -0.25) is 0 Å². The molecule has 0 aromatic heterocycles. The molecule has 0 unspecified atom stereocenters. The number of benzene rings is 1. The Hall–Kier alpha value is -0.0400. The molecule has 0 fully saturated rings. The van der Waals surface area contributed by atoms with Crippen LogP contribution in [0.4, 0.5) is 8.78 Å². The van der Waals surface area contributed by atoms with Gasteiger partial charge in [0.25, 0.3) is 6.43 Å². The Balaban J connectivity index is 2.16. The molecule has 0 amide bonds. The molecule has 6 heteroatoms. The van der Waals surface area contributed by atoms with Gasteiger partial charge in [0.2, 0.25) is 0 Å². The van der Waals surface area contributed by atoms with Gasteiger partial charge in [-0.2, -0.15) is 0 Å². The summed E-state index contributed by atoms with van der Waals surface area (Å²) in [5, 5.41) is 3.12. The number of alkyl halides is 2. The van der Waals surface area contributed by atoms with Gasteiger partial charge >= 0.3 is 0 Å². The molecule has 0 aliphatic heterocycles. The highest BCUT2D eigenvalue weighted by Crippen LogP contribution is 2.23. The second-order valence-corrected chi connectivity index (χ2v) is 5.10. The second kappa shape index (κ2) is 8.13. The minimum atomic E-state index is -2.39. The quantitative estimate of drug-likeness (QED) is 0.738. The summed E-state index contributed by atoms with van der Waals surface area (Å²) in [7, 11) is 0. The third-order valence-electron chi connectivity index (χ3n) is 1.98. The maximum atomic E-state index is 11.7. The monoisotopic (exact) mass is 371 g/mol. The van der Waals surface area contributed by atoms with E-state index in [2.05, 4.69) is 37.2 Å². The van der Waals surface area contributed by atoms with Gasteiger partial charge in [0.15, 0.2) is 0 Å². The molecule has 0 saturated heterocycles. The Kier molecular flexibility index (Phi) is 7.18. The predicted molar refractivity (Wildman–Crippen MR) is 70.4 cm³/mol. The zero-order valence-corrected chi connectivity index (χ0v) is 12.2. The fourth-order valence-electron chi connectivity index (χ4n) is 1.20. The Morgan fingerprint density at radius 2 is 2.00 bits per heavy atom. The molecule has 1 rings (SSSR count). The molecule has 0 heterocycles. The SMILES string of the molecule is FC(F)COCCNCc1ccc(Br)c(Br)c1. The zero-order valence-electron chi connectivity index (χ0n) is 9.06. The van der Waals surface area contributed by atoms with Gasteiger partial charge in [-0.05, 0) is 49.6 Å². The topological polar surface area (TPSA) is 21.3 Å².